The molecule has 0 radical (unpaired) electrons. The second-order valence-corrected chi connectivity index (χ2v) is 5.96. The molecule has 4 nitrogen and oxygen atoms in total. The molecular formula is C17H26N4. The van der Waals surface area contributed by atoms with Gasteiger partial charge in [0.25, 0.3) is 0 Å². The minimum atomic E-state index is -0.114. The predicted molar refractivity (Wildman–Crippen MR) is 86.1 cm³/mol. The van der Waals surface area contributed by atoms with E-state index in [0.717, 1.165) is 31.6 Å². The van der Waals surface area contributed by atoms with Crippen LogP contribution in [-0.2, 0) is 18.5 Å². The Kier molecular flexibility index (Phi) is 5.51. The van der Waals surface area contributed by atoms with Gasteiger partial charge in [-0.1, -0.05) is 42.5 Å². The van der Waals surface area contributed by atoms with Gasteiger partial charge in [0.15, 0.2) is 0 Å². The molecule has 1 aromatic carbocycles. The van der Waals surface area contributed by atoms with Gasteiger partial charge in [0.05, 0.1) is 11.7 Å². The molecule has 0 atom stereocenters. The minimum Gasteiger partial charge on any atom is -0.307 e. The van der Waals surface area contributed by atoms with Crippen molar-refractivity contribution in [2.75, 3.05) is 6.54 Å². The first kappa shape index (κ1) is 15.7. The molecule has 2 aromatic rings. The summed E-state index contributed by atoms with van der Waals surface area (Å²) >= 11 is 0. The highest BCUT2D eigenvalue weighted by molar-refractivity contribution is 5.14. The van der Waals surface area contributed by atoms with Crippen LogP contribution in [0.2, 0.25) is 0 Å². The van der Waals surface area contributed by atoms with Crippen molar-refractivity contribution in [2.24, 2.45) is 0 Å². The number of aromatic nitrogens is 3. The molecule has 0 spiro atoms. The first-order valence-corrected chi connectivity index (χ1v) is 7.81. The van der Waals surface area contributed by atoms with Crippen LogP contribution in [0.4, 0.5) is 0 Å². The fraction of sp³-hybridized carbons (Fsp3) is 0.529. The minimum absolute atomic E-state index is 0.114. The SMILES string of the molecule is CCNC(C)(C)c1cn(CCCCc2ccccc2)nn1. The van der Waals surface area contributed by atoms with Gasteiger partial charge in [-0.2, -0.15) is 0 Å². The molecule has 1 heterocycles. The van der Waals surface area contributed by atoms with E-state index in [0.29, 0.717) is 0 Å². The third kappa shape index (κ3) is 4.67. The molecule has 0 bridgehead atoms. The van der Waals surface area contributed by atoms with Gasteiger partial charge in [-0.05, 0) is 45.2 Å². The summed E-state index contributed by atoms with van der Waals surface area (Å²) in [5, 5.41) is 12.0. The maximum absolute atomic E-state index is 4.29. The van der Waals surface area contributed by atoms with Crippen LogP contribution in [0.5, 0.6) is 0 Å². The Morgan fingerprint density at radius 1 is 1.14 bits per heavy atom. The van der Waals surface area contributed by atoms with Gasteiger partial charge < -0.3 is 5.32 Å². The third-order valence-electron chi connectivity index (χ3n) is 3.74. The lowest BCUT2D eigenvalue weighted by Gasteiger charge is -2.22. The standard InChI is InChI=1S/C17H26N4/c1-4-18-17(2,3)16-14-21(20-19-16)13-9-8-12-15-10-6-5-7-11-15/h5-7,10-11,14,18H,4,8-9,12-13H2,1-3H3. The number of benzene rings is 1. The molecule has 0 fully saturated rings. The number of hydrogen-bond donors (Lipinski definition) is 1. The van der Waals surface area contributed by atoms with Crippen molar-refractivity contribution in [3.8, 4) is 0 Å². The Morgan fingerprint density at radius 2 is 1.90 bits per heavy atom. The van der Waals surface area contributed by atoms with E-state index in [1.54, 1.807) is 0 Å². The summed E-state index contributed by atoms with van der Waals surface area (Å²) < 4.78 is 1.96. The molecule has 21 heavy (non-hydrogen) atoms. The molecule has 0 aliphatic carbocycles. The zero-order valence-corrected chi connectivity index (χ0v) is 13.3. The fourth-order valence-electron chi connectivity index (χ4n) is 2.47. The molecule has 1 aromatic heterocycles. The summed E-state index contributed by atoms with van der Waals surface area (Å²) in [6, 6.07) is 10.6. The molecule has 4 heteroatoms. The second kappa shape index (κ2) is 7.36. The van der Waals surface area contributed by atoms with Crippen LogP contribution >= 0.6 is 0 Å². The van der Waals surface area contributed by atoms with Crippen LogP contribution in [0.3, 0.4) is 0 Å². The van der Waals surface area contributed by atoms with Crippen molar-refractivity contribution in [1.82, 2.24) is 20.3 Å². The summed E-state index contributed by atoms with van der Waals surface area (Å²) in [7, 11) is 0. The monoisotopic (exact) mass is 286 g/mol. The zero-order chi connectivity index (χ0) is 15.1. The average Bonchev–Trinajstić information content (AvgIpc) is 2.94. The number of nitrogens with one attached hydrogen (secondary N) is 1. The van der Waals surface area contributed by atoms with E-state index >= 15 is 0 Å². The van der Waals surface area contributed by atoms with Crippen molar-refractivity contribution < 1.29 is 0 Å². The molecule has 2 rings (SSSR count). The quantitative estimate of drug-likeness (QED) is 0.758. The lowest BCUT2D eigenvalue weighted by atomic mass is 10.0. The number of hydrogen-bond acceptors (Lipinski definition) is 3. The molecular weight excluding hydrogens is 260 g/mol. The average molecular weight is 286 g/mol. The predicted octanol–water partition coefficient (Wildman–Crippen LogP) is 3.15. The number of unbranched alkanes of at least 4 members (excludes halogenated alkanes) is 1. The second-order valence-electron chi connectivity index (χ2n) is 5.96. The summed E-state index contributed by atoms with van der Waals surface area (Å²) in [6.45, 7) is 8.25. The highest BCUT2D eigenvalue weighted by Gasteiger charge is 2.22. The van der Waals surface area contributed by atoms with Crippen LogP contribution in [0.15, 0.2) is 36.5 Å². The first-order chi connectivity index (χ1) is 10.1. The Hall–Kier alpha value is -1.68. The molecule has 0 saturated heterocycles. The lowest BCUT2D eigenvalue weighted by Crippen LogP contribution is -2.36. The lowest BCUT2D eigenvalue weighted by molar-refractivity contribution is 0.403. The van der Waals surface area contributed by atoms with Crippen molar-refractivity contribution in [3.05, 3.63) is 47.8 Å². The van der Waals surface area contributed by atoms with Crippen molar-refractivity contribution in [3.63, 3.8) is 0 Å². The summed E-state index contributed by atoms with van der Waals surface area (Å²) in [6.07, 6.45) is 5.49. The number of nitrogens with zero attached hydrogens (tertiary/aromatic N) is 3. The van der Waals surface area contributed by atoms with Gasteiger partial charge in [-0.15, -0.1) is 5.10 Å². The Labute approximate surface area is 127 Å². The Balaban J connectivity index is 1.78. The van der Waals surface area contributed by atoms with E-state index in [-0.39, 0.29) is 5.54 Å². The summed E-state index contributed by atoms with van der Waals surface area (Å²) in [5.41, 5.74) is 2.30. The normalized spacial score (nSPS) is 11.8. The van der Waals surface area contributed by atoms with E-state index in [1.807, 2.05) is 4.68 Å². The van der Waals surface area contributed by atoms with E-state index in [4.69, 9.17) is 0 Å². The molecule has 0 amide bonds. The van der Waals surface area contributed by atoms with Crippen LogP contribution in [0.1, 0.15) is 44.9 Å². The van der Waals surface area contributed by atoms with Gasteiger partial charge in [0, 0.05) is 6.54 Å². The van der Waals surface area contributed by atoms with E-state index in [9.17, 15) is 0 Å². The van der Waals surface area contributed by atoms with Crippen LogP contribution < -0.4 is 5.32 Å². The number of aryl methyl sites for hydroxylation is 2. The van der Waals surface area contributed by atoms with Crippen LogP contribution in [-0.4, -0.2) is 21.5 Å². The largest absolute Gasteiger partial charge is 0.307 e. The van der Waals surface area contributed by atoms with Crippen molar-refractivity contribution >= 4 is 0 Å². The van der Waals surface area contributed by atoms with E-state index in [1.165, 1.54) is 12.0 Å². The van der Waals surface area contributed by atoms with Gasteiger partial charge >= 0.3 is 0 Å². The maximum atomic E-state index is 4.29. The number of rotatable bonds is 8. The maximum Gasteiger partial charge on any atom is 0.102 e. The molecule has 0 aliphatic rings. The third-order valence-corrected chi connectivity index (χ3v) is 3.74. The molecule has 1 N–H and O–H groups in total. The summed E-state index contributed by atoms with van der Waals surface area (Å²) in [5.74, 6) is 0. The smallest absolute Gasteiger partial charge is 0.102 e. The van der Waals surface area contributed by atoms with E-state index in [2.05, 4.69) is 72.9 Å². The van der Waals surface area contributed by atoms with Gasteiger partial charge in [0.2, 0.25) is 0 Å². The topological polar surface area (TPSA) is 42.7 Å². The molecule has 0 aliphatic heterocycles. The summed E-state index contributed by atoms with van der Waals surface area (Å²) in [4.78, 5) is 0. The molecule has 114 valence electrons. The zero-order valence-electron chi connectivity index (χ0n) is 13.3. The van der Waals surface area contributed by atoms with Crippen LogP contribution in [0.25, 0.3) is 0 Å². The Bertz CT molecular complexity index is 531. The molecule has 0 unspecified atom stereocenters. The van der Waals surface area contributed by atoms with E-state index < -0.39 is 0 Å². The first-order valence-electron chi connectivity index (χ1n) is 7.81. The highest BCUT2D eigenvalue weighted by atomic mass is 15.4. The van der Waals surface area contributed by atoms with Crippen molar-refractivity contribution in [2.45, 2.75) is 52.1 Å². The molecule has 0 saturated carbocycles. The van der Waals surface area contributed by atoms with Gasteiger partial charge in [-0.25, -0.2) is 0 Å². The highest BCUT2D eigenvalue weighted by Crippen LogP contribution is 2.16. The Morgan fingerprint density at radius 3 is 2.62 bits per heavy atom. The van der Waals surface area contributed by atoms with Crippen LogP contribution in [0, 0.1) is 0 Å². The fourth-order valence-corrected chi connectivity index (χ4v) is 2.47. The van der Waals surface area contributed by atoms with Gasteiger partial charge in [0.1, 0.15) is 5.69 Å². The van der Waals surface area contributed by atoms with Gasteiger partial charge in [-0.3, -0.25) is 4.68 Å². The van der Waals surface area contributed by atoms with Crippen molar-refractivity contribution in [1.29, 1.82) is 0 Å².